The van der Waals surface area contributed by atoms with Gasteiger partial charge in [0.05, 0.1) is 0 Å². The van der Waals surface area contributed by atoms with Crippen LogP contribution in [0.25, 0.3) is 0 Å². The van der Waals surface area contributed by atoms with Gasteiger partial charge in [-0.1, -0.05) is 30.3 Å². The number of ether oxygens (including phenoxy) is 1. The van der Waals surface area contributed by atoms with E-state index in [4.69, 9.17) is 10.5 Å². The summed E-state index contributed by atoms with van der Waals surface area (Å²) in [7, 11) is 0. The fraction of sp³-hybridized carbons (Fsp3) is 0.579. The second-order valence-electron chi connectivity index (χ2n) is 7.19. The Labute approximate surface area is 148 Å². The first-order valence-electron chi connectivity index (χ1n) is 9.12. The molecular formula is C19H27N3O3. The molecule has 3 rings (SSSR count). The third-order valence-electron chi connectivity index (χ3n) is 5.27. The summed E-state index contributed by atoms with van der Waals surface area (Å²) in [5.41, 5.74) is 6.35. The molecule has 136 valence electrons. The van der Waals surface area contributed by atoms with Crippen molar-refractivity contribution in [2.24, 2.45) is 11.7 Å². The van der Waals surface area contributed by atoms with Gasteiger partial charge in [0.25, 0.3) is 0 Å². The lowest BCUT2D eigenvalue weighted by molar-refractivity contribution is -0.122. The third kappa shape index (κ3) is 5.19. The Kier molecular flexibility index (Phi) is 5.91. The fourth-order valence-electron chi connectivity index (χ4n) is 3.68. The van der Waals surface area contributed by atoms with Crippen LogP contribution < -0.4 is 16.4 Å². The molecular weight excluding hydrogens is 318 g/mol. The van der Waals surface area contributed by atoms with Crippen molar-refractivity contribution in [3.8, 4) is 0 Å². The van der Waals surface area contributed by atoms with Crippen molar-refractivity contribution in [1.82, 2.24) is 10.6 Å². The Bertz CT molecular complexity index is 579. The molecule has 0 spiro atoms. The summed E-state index contributed by atoms with van der Waals surface area (Å²) >= 11 is 0. The molecule has 0 atom stereocenters. The van der Waals surface area contributed by atoms with E-state index in [0.717, 1.165) is 44.1 Å². The van der Waals surface area contributed by atoms with Gasteiger partial charge in [-0.2, -0.15) is 0 Å². The molecule has 25 heavy (non-hydrogen) atoms. The van der Waals surface area contributed by atoms with E-state index in [9.17, 15) is 9.59 Å². The minimum absolute atomic E-state index is 0.0493. The summed E-state index contributed by atoms with van der Waals surface area (Å²) in [5.74, 6) is -0.117. The van der Waals surface area contributed by atoms with Crippen LogP contribution in [0.15, 0.2) is 30.3 Å². The maximum absolute atomic E-state index is 11.8. The number of nitrogens with two attached hydrogens (primary N) is 1. The topological polar surface area (TPSA) is 93.5 Å². The largest absolute Gasteiger partial charge is 0.445 e. The molecule has 6 heteroatoms. The van der Waals surface area contributed by atoms with Gasteiger partial charge in [0.15, 0.2) is 0 Å². The zero-order valence-corrected chi connectivity index (χ0v) is 14.4. The van der Waals surface area contributed by atoms with Crippen molar-refractivity contribution in [2.45, 2.75) is 63.3 Å². The number of amides is 2. The average molecular weight is 345 g/mol. The lowest BCUT2D eigenvalue weighted by Gasteiger charge is -2.40. The van der Waals surface area contributed by atoms with Crippen LogP contribution in [0, 0.1) is 5.92 Å². The number of hydrogen-bond acceptors (Lipinski definition) is 4. The van der Waals surface area contributed by atoms with Crippen LogP contribution in [0.3, 0.4) is 0 Å². The lowest BCUT2D eigenvalue weighted by Crippen LogP contribution is -2.55. The number of carbonyl (C=O) groups excluding carboxylic acids is 2. The minimum atomic E-state index is -0.353. The Morgan fingerprint density at radius 3 is 2.32 bits per heavy atom. The van der Waals surface area contributed by atoms with E-state index in [-0.39, 0.29) is 24.0 Å². The molecule has 0 aliphatic heterocycles. The molecule has 2 amide bonds. The highest BCUT2D eigenvalue weighted by Crippen LogP contribution is 2.27. The Morgan fingerprint density at radius 2 is 1.68 bits per heavy atom. The maximum Gasteiger partial charge on any atom is 0.407 e. The second-order valence-corrected chi connectivity index (χ2v) is 7.19. The highest BCUT2D eigenvalue weighted by Gasteiger charge is 2.33. The highest BCUT2D eigenvalue weighted by atomic mass is 16.5. The van der Waals surface area contributed by atoms with Crippen LogP contribution in [0.4, 0.5) is 4.79 Å². The smallest absolute Gasteiger partial charge is 0.407 e. The molecule has 2 aliphatic rings. The van der Waals surface area contributed by atoms with Crippen LogP contribution in [0.2, 0.25) is 0 Å². The summed E-state index contributed by atoms with van der Waals surface area (Å²) in [6, 6.07) is 10.7. The Hall–Kier alpha value is -2.08. The van der Waals surface area contributed by atoms with Gasteiger partial charge in [0, 0.05) is 24.0 Å². The lowest BCUT2D eigenvalue weighted by atomic mass is 9.82. The third-order valence-corrected chi connectivity index (χ3v) is 5.27. The Morgan fingerprint density at radius 1 is 1.00 bits per heavy atom. The molecule has 4 N–H and O–H groups in total. The molecule has 0 heterocycles. The number of nitrogens with one attached hydrogen (secondary N) is 2. The predicted octanol–water partition coefficient (Wildman–Crippen LogP) is 2.08. The highest BCUT2D eigenvalue weighted by molar-refractivity contribution is 5.76. The number of hydrogen-bond donors (Lipinski definition) is 3. The predicted molar refractivity (Wildman–Crippen MR) is 94.6 cm³/mol. The van der Waals surface area contributed by atoms with Gasteiger partial charge >= 0.3 is 6.09 Å². The summed E-state index contributed by atoms with van der Waals surface area (Å²) < 4.78 is 5.24. The molecule has 2 aliphatic carbocycles. The van der Waals surface area contributed by atoms with E-state index in [1.165, 1.54) is 0 Å². The van der Waals surface area contributed by atoms with Crippen LogP contribution in [0.5, 0.6) is 0 Å². The molecule has 1 aromatic rings. The second kappa shape index (κ2) is 8.34. The quantitative estimate of drug-likeness (QED) is 0.736. The summed E-state index contributed by atoms with van der Waals surface area (Å²) in [6.45, 7) is 0.296. The van der Waals surface area contributed by atoms with Gasteiger partial charge in [0.1, 0.15) is 6.61 Å². The molecule has 2 saturated carbocycles. The molecule has 2 fully saturated rings. The van der Waals surface area contributed by atoms with Crippen molar-refractivity contribution in [3.05, 3.63) is 35.9 Å². The number of benzene rings is 1. The molecule has 1 aromatic carbocycles. The van der Waals surface area contributed by atoms with E-state index >= 15 is 0 Å². The van der Waals surface area contributed by atoms with E-state index < -0.39 is 0 Å². The zero-order valence-electron chi connectivity index (χ0n) is 14.4. The number of alkyl carbamates (subject to hydrolysis) is 1. The molecule has 0 bridgehead atoms. The maximum atomic E-state index is 11.8. The molecule has 6 nitrogen and oxygen atoms in total. The summed E-state index contributed by atoms with van der Waals surface area (Å²) in [6.07, 6.45) is 5.27. The van der Waals surface area contributed by atoms with Crippen LogP contribution >= 0.6 is 0 Å². The first-order valence-corrected chi connectivity index (χ1v) is 9.12. The van der Waals surface area contributed by atoms with Gasteiger partial charge in [-0.15, -0.1) is 0 Å². The summed E-state index contributed by atoms with van der Waals surface area (Å²) in [4.78, 5) is 23.0. The number of rotatable bonds is 6. The average Bonchev–Trinajstić information content (AvgIpc) is 2.59. The van der Waals surface area contributed by atoms with Gasteiger partial charge in [0.2, 0.25) is 5.91 Å². The van der Waals surface area contributed by atoms with Crippen LogP contribution in [-0.2, 0) is 16.1 Å². The monoisotopic (exact) mass is 345 g/mol. The SMILES string of the molecule is NC(=O)C1CCC(NC2CC(NC(=O)OCc3ccccc3)C2)CC1. The summed E-state index contributed by atoms with van der Waals surface area (Å²) in [5, 5.41) is 6.55. The minimum Gasteiger partial charge on any atom is -0.445 e. The van der Waals surface area contributed by atoms with E-state index in [1.807, 2.05) is 30.3 Å². The van der Waals surface area contributed by atoms with Crippen molar-refractivity contribution in [2.75, 3.05) is 0 Å². The van der Waals surface area contributed by atoms with Crippen molar-refractivity contribution in [1.29, 1.82) is 0 Å². The normalized spacial score (nSPS) is 28.6. The van der Waals surface area contributed by atoms with Crippen molar-refractivity contribution in [3.63, 3.8) is 0 Å². The zero-order chi connectivity index (χ0) is 17.6. The van der Waals surface area contributed by atoms with Gasteiger partial charge in [-0.25, -0.2) is 4.79 Å². The number of carbonyl (C=O) groups is 2. The van der Waals surface area contributed by atoms with E-state index in [0.29, 0.717) is 18.7 Å². The molecule has 0 radical (unpaired) electrons. The van der Waals surface area contributed by atoms with Crippen LogP contribution in [-0.4, -0.2) is 30.1 Å². The molecule has 0 aromatic heterocycles. The van der Waals surface area contributed by atoms with Gasteiger partial charge in [-0.05, 0) is 44.1 Å². The molecule has 0 unspecified atom stereocenters. The van der Waals surface area contributed by atoms with Crippen molar-refractivity contribution < 1.29 is 14.3 Å². The van der Waals surface area contributed by atoms with E-state index in [1.54, 1.807) is 0 Å². The van der Waals surface area contributed by atoms with Gasteiger partial charge in [-0.3, -0.25) is 4.79 Å². The molecule has 0 saturated heterocycles. The number of primary amides is 1. The Balaban J connectivity index is 1.28. The van der Waals surface area contributed by atoms with Crippen LogP contribution in [0.1, 0.15) is 44.1 Å². The standard InChI is InChI=1S/C19H27N3O3/c20-18(23)14-6-8-15(9-7-14)21-16-10-17(11-16)22-19(24)25-12-13-4-2-1-3-5-13/h1-5,14-17,21H,6-12H2,(H2,20,23)(H,22,24). The van der Waals surface area contributed by atoms with E-state index in [2.05, 4.69) is 10.6 Å². The first-order chi connectivity index (χ1) is 12.1. The fourth-order valence-corrected chi connectivity index (χ4v) is 3.68. The van der Waals surface area contributed by atoms with Crippen molar-refractivity contribution >= 4 is 12.0 Å². The van der Waals surface area contributed by atoms with Gasteiger partial charge < -0.3 is 21.1 Å². The first kappa shape index (κ1) is 17.7.